The average molecular weight is 490 g/mol. The molecule has 2 N–H and O–H groups in total. The van der Waals surface area contributed by atoms with Crippen LogP contribution in [-0.4, -0.2) is 45.3 Å². The Hall–Kier alpha value is -2.09. The highest BCUT2D eigenvalue weighted by Gasteiger charge is 2.42. The monoisotopic (exact) mass is 489 g/mol. The molecule has 0 saturated carbocycles. The zero-order valence-electron chi connectivity index (χ0n) is 21.4. The van der Waals surface area contributed by atoms with Gasteiger partial charge in [0.05, 0.1) is 34.7 Å². The highest BCUT2D eigenvalue weighted by molar-refractivity contribution is 7.09. The van der Waals surface area contributed by atoms with Gasteiger partial charge >= 0.3 is 5.97 Å². The van der Waals surface area contributed by atoms with Crippen LogP contribution in [0.5, 0.6) is 0 Å². The average Bonchev–Trinajstić information content (AvgIpc) is 3.18. The number of ketones is 1. The summed E-state index contributed by atoms with van der Waals surface area (Å²) >= 11 is 1.55. The van der Waals surface area contributed by atoms with Crippen LogP contribution in [0.2, 0.25) is 0 Å². The summed E-state index contributed by atoms with van der Waals surface area (Å²) < 4.78 is 5.78. The Kier molecular flexibility index (Phi) is 9.97. The molecule has 1 aromatic rings. The van der Waals surface area contributed by atoms with Crippen molar-refractivity contribution in [2.24, 2.45) is 17.3 Å². The number of aliphatic hydroxyl groups excluding tert-OH is 2. The molecular weight excluding hydrogens is 450 g/mol. The molecule has 0 radical (unpaired) electrons. The van der Waals surface area contributed by atoms with E-state index in [1.807, 2.05) is 57.4 Å². The van der Waals surface area contributed by atoms with Gasteiger partial charge in [0, 0.05) is 17.7 Å². The number of nitrogens with zero attached hydrogens (tertiary/aromatic N) is 1. The van der Waals surface area contributed by atoms with E-state index in [9.17, 15) is 19.8 Å². The Morgan fingerprint density at radius 2 is 1.88 bits per heavy atom. The lowest BCUT2D eigenvalue weighted by atomic mass is 9.73. The van der Waals surface area contributed by atoms with Crippen molar-refractivity contribution in [1.29, 1.82) is 0 Å². The minimum Gasteiger partial charge on any atom is -0.457 e. The van der Waals surface area contributed by atoms with Crippen LogP contribution in [0.15, 0.2) is 34.8 Å². The van der Waals surface area contributed by atoms with Crippen LogP contribution < -0.4 is 0 Å². The number of allylic oxidation sites excluding steroid dienone is 3. The van der Waals surface area contributed by atoms with Crippen molar-refractivity contribution < 1.29 is 24.5 Å². The maximum Gasteiger partial charge on any atom is 0.309 e. The summed E-state index contributed by atoms with van der Waals surface area (Å²) in [5, 5.41) is 24.5. The van der Waals surface area contributed by atoms with Crippen LogP contribution in [0.1, 0.15) is 71.5 Å². The van der Waals surface area contributed by atoms with Crippen molar-refractivity contribution in [3.05, 3.63) is 45.5 Å². The summed E-state index contributed by atoms with van der Waals surface area (Å²) in [6.07, 6.45) is 6.09. The zero-order valence-corrected chi connectivity index (χ0v) is 22.2. The number of carbonyl (C=O) groups is 2. The molecule has 0 aromatic carbocycles. The Bertz CT molecular complexity index is 958. The van der Waals surface area contributed by atoms with Gasteiger partial charge in [0.1, 0.15) is 11.9 Å². The van der Waals surface area contributed by atoms with Crippen LogP contribution in [0.4, 0.5) is 0 Å². The predicted octanol–water partition coefficient (Wildman–Crippen LogP) is 5.04. The number of aliphatic hydroxyl groups is 2. The number of esters is 1. The fourth-order valence-corrected chi connectivity index (χ4v) is 4.66. The van der Waals surface area contributed by atoms with E-state index in [0.29, 0.717) is 12.8 Å². The lowest BCUT2D eigenvalue weighted by Crippen LogP contribution is -2.45. The van der Waals surface area contributed by atoms with E-state index in [1.165, 1.54) is 0 Å². The molecular formula is C27H39NO5S. The molecule has 0 spiro atoms. The van der Waals surface area contributed by atoms with Gasteiger partial charge in [0.2, 0.25) is 0 Å². The van der Waals surface area contributed by atoms with Gasteiger partial charge in [0.25, 0.3) is 0 Å². The van der Waals surface area contributed by atoms with E-state index in [2.05, 4.69) is 4.98 Å². The maximum atomic E-state index is 13.1. The summed E-state index contributed by atoms with van der Waals surface area (Å²) in [6, 6.07) is 0. The number of hydrogen-bond donors (Lipinski definition) is 2. The van der Waals surface area contributed by atoms with E-state index in [4.69, 9.17) is 4.74 Å². The normalized spacial score (nSPS) is 31.6. The van der Waals surface area contributed by atoms with Crippen molar-refractivity contribution >= 4 is 29.2 Å². The largest absolute Gasteiger partial charge is 0.457 e. The molecule has 0 amide bonds. The van der Waals surface area contributed by atoms with Crippen molar-refractivity contribution in [1.82, 2.24) is 4.98 Å². The van der Waals surface area contributed by atoms with Gasteiger partial charge in [0.15, 0.2) is 0 Å². The summed E-state index contributed by atoms with van der Waals surface area (Å²) in [6.45, 7) is 12.6. The van der Waals surface area contributed by atoms with Crippen molar-refractivity contribution in [2.75, 3.05) is 0 Å². The molecule has 6 nitrogen and oxygen atoms in total. The number of thiazole rings is 1. The molecule has 1 aliphatic heterocycles. The van der Waals surface area contributed by atoms with E-state index in [1.54, 1.807) is 32.1 Å². The van der Waals surface area contributed by atoms with E-state index >= 15 is 0 Å². The number of hydrogen-bond acceptors (Lipinski definition) is 7. The predicted molar refractivity (Wildman–Crippen MR) is 136 cm³/mol. The van der Waals surface area contributed by atoms with Crippen LogP contribution >= 0.6 is 11.3 Å². The van der Waals surface area contributed by atoms with Gasteiger partial charge < -0.3 is 14.9 Å². The molecule has 0 bridgehead atoms. The lowest BCUT2D eigenvalue weighted by molar-refractivity contribution is -0.154. The highest BCUT2D eigenvalue weighted by Crippen LogP contribution is 2.32. The fraction of sp³-hybridized carbons (Fsp3) is 0.593. The van der Waals surface area contributed by atoms with Gasteiger partial charge in [-0.15, -0.1) is 11.3 Å². The summed E-state index contributed by atoms with van der Waals surface area (Å²) in [5.74, 6) is -1.65. The van der Waals surface area contributed by atoms with Gasteiger partial charge in [-0.25, -0.2) is 4.98 Å². The smallest absolute Gasteiger partial charge is 0.309 e. The van der Waals surface area contributed by atoms with E-state index < -0.39 is 35.6 Å². The minimum atomic E-state index is -1.23. The van der Waals surface area contributed by atoms with E-state index in [0.717, 1.165) is 21.8 Å². The molecule has 0 saturated heterocycles. The van der Waals surface area contributed by atoms with Crippen LogP contribution in [0.3, 0.4) is 0 Å². The Labute approximate surface area is 207 Å². The van der Waals surface area contributed by atoms with Crippen LogP contribution in [0.25, 0.3) is 6.08 Å². The fourth-order valence-electron chi connectivity index (χ4n) is 4.09. The second-order valence-corrected chi connectivity index (χ2v) is 11.1. The molecule has 7 heteroatoms. The zero-order chi connectivity index (χ0) is 25.6. The minimum absolute atomic E-state index is 0.131. The van der Waals surface area contributed by atoms with Crippen molar-refractivity contribution in [2.45, 2.75) is 86.0 Å². The van der Waals surface area contributed by atoms with Crippen LogP contribution in [-0.2, 0) is 14.3 Å². The first-order valence-corrected chi connectivity index (χ1v) is 12.7. The van der Waals surface area contributed by atoms with Gasteiger partial charge in [-0.3, -0.25) is 9.59 Å². The number of Topliss-reactive ketones (excluding diaryl/α,β-unsaturated/α-hetero) is 1. The number of ether oxygens (including phenoxy) is 1. The first kappa shape index (κ1) is 28.1. The molecule has 1 aliphatic rings. The molecule has 2 rings (SSSR count). The molecule has 5 atom stereocenters. The third kappa shape index (κ3) is 7.45. The number of carbonyl (C=O) groups excluding carboxylic acids is 2. The Balaban J connectivity index is 2.38. The lowest BCUT2D eigenvalue weighted by Gasteiger charge is -2.34. The topological polar surface area (TPSA) is 96.7 Å². The first-order valence-electron chi connectivity index (χ1n) is 11.9. The molecule has 1 aromatic heterocycles. The second kappa shape index (κ2) is 12.0. The van der Waals surface area contributed by atoms with E-state index in [-0.39, 0.29) is 18.1 Å². The maximum absolute atomic E-state index is 13.1. The third-order valence-electron chi connectivity index (χ3n) is 6.67. The van der Waals surface area contributed by atoms with Gasteiger partial charge in [-0.05, 0) is 44.8 Å². The summed E-state index contributed by atoms with van der Waals surface area (Å²) in [5.41, 5.74) is 1.47. The number of rotatable bonds is 2. The number of aromatic nitrogens is 1. The first-order chi connectivity index (χ1) is 15.8. The molecule has 0 unspecified atom stereocenters. The third-order valence-corrected chi connectivity index (χ3v) is 7.47. The summed E-state index contributed by atoms with van der Waals surface area (Å²) in [7, 11) is 0. The quantitative estimate of drug-likeness (QED) is 0.565. The summed E-state index contributed by atoms with van der Waals surface area (Å²) in [4.78, 5) is 30.4. The Morgan fingerprint density at radius 3 is 2.50 bits per heavy atom. The molecule has 2 heterocycles. The standard InChI is InChI=1S/C27H39NO5S/c1-16-9-8-10-17(2)25(31)19(4)26(32)27(6,7)23(29)14-24(30)33-22(12-11-16)18(3)13-21-15-34-20(5)28-21/h8-9,11,13,15,17,19,22-23,25,29,31H,10,12,14H2,1-7H3/b9-8?,16-11-,18-13+/t17-,19+,22-,23-,25-/m0/s1. The van der Waals surface area contributed by atoms with Crippen molar-refractivity contribution in [3.8, 4) is 0 Å². The number of aryl methyl sites for hydroxylation is 1. The molecule has 0 aliphatic carbocycles. The van der Waals surface area contributed by atoms with Crippen LogP contribution in [0, 0.1) is 24.2 Å². The molecule has 188 valence electrons. The molecule has 0 fully saturated rings. The number of cyclic esters (lactones) is 1. The van der Waals surface area contributed by atoms with Gasteiger partial charge in [-0.2, -0.15) is 0 Å². The highest BCUT2D eigenvalue weighted by atomic mass is 32.1. The molecule has 34 heavy (non-hydrogen) atoms. The van der Waals surface area contributed by atoms with Gasteiger partial charge in [-0.1, -0.05) is 51.5 Å². The second-order valence-electron chi connectivity index (χ2n) is 10.0. The SMILES string of the molecule is C/C1=C/C[C@@H](/C(C)=C/c2csc(C)n2)OC(=O)C[C@H](O)C(C)(C)C(=O)[C@H](C)[C@@H](O)[C@@H](C)CC=C1. The Morgan fingerprint density at radius 1 is 1.21 bits per heavy atom. The van der Waals surface area contributed by atoms with Crippen molar-refractivity contribution in [3.63, 3.8) is 0 Å².